The van der Waals surface area contributed by atoms with Crippen molar-refractivity contribution in [3.05, 3.63) is 40.4 Å². The molecule has 1 aromatic rings. The van der Waals surface area contributed by atoms with Crippen LogP contribution in [0.5, 0.6) is 0 Å². The summed E-state index contributed by atoms with van der Waals surface area (Å²) in [5, 5.41) is 8.56. The molecule has 0 heterocycles. The topological polar surface area (TPSA) is 37.3 Å². The Morgan fingerprint density at radius 3 is 2.85 bits per heavy atom. The minimum absolute atomic E-state index is 0.0497. The van der Waals surface area contributed by atoms with Crippen LogP contribution >= 0.6 is 15.9 Å². The fraction of sp³-hybridized carbons (Fsp3) is 0.100. The Morgan fingerprint density at radius 2 is 2.31 bits per heavy atom. The maximum absolute atomic E-state index is 10.4. The van der Waals surface area contributed by atoms with Crippen LogP contribution < -0.4 is 0 Å². The van der Waals surface area contributed by atoms with Crippen molar-refractivity contribution in [1.82, 2.24) is 0 Å². The van der Waals surface area contributed by atoms with Gasteiger partial charge >= 0.3 is 5.97 Å². The molecule has 0 spiro atoms. The smallest absolute Gasteiger partial charge is 0.307 e. The molecule has 0 saturated carbocycles. The molecule has 68 valence electrons. The fourth-order valence-corrected chi connectivity index (χ4v) is 1.44. The molecule has 0 saturated heterocycles. The number of carboxylic acids is 1. The summed E-state index contributed by atoms with van der Waals surface area (Å²) in [7, 11) is 0. The third-order valence-electron chi connectivity index (χ3n) is 1.64. The molecule has 0 aliphatic carbocycles. The first-order valence-electron chi connectivity index (χ1n) is 3.76. The summed E-state index contributed by atoms with van der Waals surface area (Å²) >= 11 is 3.34. The van der Waals surface area contributed by atoms with E-state index >= 15 is 0 Å². The van der Waals surface area contributed by atoms with Crippen LogP contribution in [0.2, 0.25) is 0 Å². The van der Waals surface area contributed by atoms with Crippen LogP contribution in [-0.2, 0) is 11.2 Å². The molecule has 0 aliphatic heterocycles. The van der Waals surface area contributed by atoms with Crippen molar-refractivity contribution < 1.29 is 9.90 Å². The predicted molar refractivity (Wildman–Crippen MR) is 55.6 cm³/mol. The van der Waals surface area contributed by atoms with Gasteiger partial charge in [-0.3, -0.25) is 4.79 Å². The zero-order valence-electron chi connectivity index (χ0n) is 6.96. The first kappa shape index (κ1) is 9.99. The molecule has 0 aromatic heterocycles. The number of halogens is 1. The zero-order chi connectivity index (χ0) is 9.84. The Balaban J connectivity index is 2.99. The van der Waals surface area contributed by atoms with Crippen LogP contribution in [0.25, 0.3) is 6.08 Å². The second kappa shape index (κ2) is 4.23. The van der Waals surface area contributed by atoms with Crippen LogP contribution in [0.4, 0.5) is 0 Å². The molecule has 13 heavy (non-hydrogen) atoms. The standard InChI is InChI=1S/C10H9BrO2/c1-2-8-5-7(6-10(12)13)3-4-9(8)11/h2-5H,1,6H2,(H,12,13). The lowest BCUT2D eigenvalue weighted by atomic mass is 10.1. The van der Waals surface area contributed by atoms with E-state index in [1.807, 2.05) is 12.1 Å². The molecular formula is C10H9BrO2. The minimum atomic E-state index is -0.822. The number of aliphatic carboxylic acids is 1. The van der Waals surface area contributed by atoms with E-state index in [1.54, 1.807) is 12.1 Å². The predicted octanol–water partition coefficient (Wildman–Crippen LogP) is 2.72. The molecule has 0 bridgehead atoms. The zero-order valence-corrected chi connectivity index (χ0v) is 8.54. The monoisotopic (exact) mass is 240 g/mol. The molecule has 1 N–H and O–H groups in total. The molecule has 0 radical (unpaired) electrons. The van der Waals surface area contributed by atoms with Gasteiger partial charge in [-0.2, -0.15) is 0 Å². The van der Waals surface area contributed by atoms with Gasteiger partial charge in [-0.15, -0.1) is 0 Å². The van der Waals surface area contributed by atoms with E-state index in [0.717, 1.165) is 15.6 Å². The lowest BCUT2D eigenvalue weighted by Crippen LogP contribution is -1.99. The molecule has 2 nitrogen and oxygen atoms in total. The van der Waals surface area contributed by atoms with Crippen LogP contribution in [0, 0.1) is 0 Å². The molecule has 0 aliphatic rings. The highest BCUT2D eigenvalue weighted by atomic mass is 79.9. The van der Waals surface area contributed by atoms with Crippen LogP contribution in [-0.4, -0.2) is 11.1 Å². The quantitative estimate of drug-likeness (QED) is 0.883. The first-order chi connectivity index (χ1) is 6.13. The second-order valence-electron chi connectivity index (χ2n) is 2.63. The summed E-state index contributed by atoms with van der Waals surface area (Å²) in [6, 6.07) is 5.42. The van der Waals surface area contributed by atoms with Gasteiger partial charge in [0.25, 0.3) is 0 Å². The number of hydrogen-bond acceptors (Lipinski definition) is 1. The van der Waals surface area contributed by atoms with Crippen molar-refractivity contribution in [1.29, 1.82) is 0 Å². The van der Waals surface area contributed by atoms with Gasteiger partial charge < -0.3 is 5.11 Å². The highest BCUT2D eigenvalue weighted by molar-refractivity contribution is 9.10. The van der Waals surface area contributed by atoms with Crippen molar-refractivity contribution in [2.45, 2.75) is 6.42 Å². The van der Waals surface area contributed by atoms with Gasteiger partial charge in [-0.1, -0.05) is 40.7 Å². The van der Waals surface area contributed by atoms with E-state index in [1.165, 1.54) is 0 Å². The van der Waals surface area contributed by atoms with Gasteiger partial charge in [0.2, 0.25) is 0 Å². The maximum Gasteiger partial charge on any atom is 0.307 e. The van der Waals surface area contributed by atoms with Crippen molar-refractivity contribution in [3.63, 3.8) is 0 Å². The SMILES string of the molecule is C=Cc1cc(CC(=O)O)ccc1Br. The second-order valence-corrected chi connectivity index (χ2v) is 3.48. The number of benzene rings is 1. The Hall–Kier alpha value is -1.09. The number of carbonyl (C=O) groups is 1. The highest BCUT2D eigenvalue weighted by Gasteiger charge is 2.02. The number of hydrogen-bond donors (Lipinski definition) is 1. The van der Waals surface area contributed by atoms with E-state index in [9.17, 15) is 4.79 Å². The van der Waals surface area contributed by atoms with Crippen LogP contribution in [0.3, 0.4) is 0 Å². The summed E-state index contributed by atoms with van der Waals surface area (Å²) in [6.07, 6.45) is 1.74. The fourth-order valence-electron chi connectivity index (χ4n) is 1.03. The average molecular weight is 241 g/mol. The van der Waals surface area contributed by atoms with E-state index in [0.29, 0.717) is 0 Å². The number of rotatable bonds is 3. The van der Waals surface area contributed by atoms with Crippen LogP contribution in [0.1, 0.15) is 11.1 Å². The largest absolute Gasteiger partial charge is 0.481 e. The van der Waals surface area contributed by atoms with E-state index in [2.05, 4.69) is 22.5 Å². The lowest BCUT2D eigenvalue weighted by molar-refractivity contribution is -0.136. The van der Waals surface area contributed by atoms with E-state index < -0.39 is 5.97 Å². The molecule has 1 aromatic carbocycles. The summed E-state index contributed by atoms with van der Waals surface area (Å²) in [4.78, 5) is 10.4. The number of carboxylic acid groups (broad SMARTS) is 1. The first-order valence-corrected chi connectivity index (χ1v) is 4.55. The normalized spacial score (nSPS) is 9.62. The van der Waals surface area contributed by atoms with Crippen molar-refractivity contribution in [2.75, 3.05) is 0 Å². The van der Waals surface area contributed by atoms with Gasteiger partial charge in [0.15, 0.2) is 0 Å². The summed E-state index contributed by atoms with van der Waals surface area (Å²) in [5.41, 5.74) is 1.70. The Bertz CT molecular complexity index is 345. The Kier molecular flexibility index (Phi) is 3.25. The van der Waals surface area contributed by atoms with Crippen molar-refractivity contribution in [3.8, 4) is 0 Å². The van der Waals surface area contributed by atoms with Gasteiger partial charge in [-0.05, 0) is 17.2 Å². The Labute approximate surface area is 85.0 Å². The minimum Gasteiger partial charge on any atom is -0.481 e. The van der Waals surface area contributed by atoms with E-state index in [-0.39, 0.29) is 6.42 Å². The molecule has 0 fully saturated rings. The third-order valence-corrected chi connectivity index (χ3v) is 2.36. The molecule has 0 amide bonds. The summed E-state index contributed by atoms with van der Waals surface area (Å²) < 4.78 is 0.927. The van der Waals surface area contributed by atoms with Gasteiger partial charge in [0.1, 0.15) is 0 Å². The van der Waals surface area contributed by atoms with Crippen molar-refractivity contribution in [2.24, 2.45) is 0 Å². The lowest BCUT2D eigenvalue weighted by Gasteiger charge is -2.01. The van der Waals surface area contributed by atoms with E-state index in [4.69, 9.17) is 5.11 Å². The summed E-state index contributed by atoms with van der Waals surface area (Å²) in [6.45, 7) is 3.63. The third kappa shape index (κ3) is 2.70. The molecule has 1 rings (SSSR count). The summed E-state index contributed by atoms with van der Waals surface area (Å²) in [5.74, 6) is -0.822. The van der Waals surface area contributed by atoms with Gasteiger partial charge in [0.05, 0.1) is 6.42 Å². The maximum atomic E-state index is 10.4. The van der Waals surface area contributed by atoms with Crippen molar-refractivity contribution >= 4 is 28.0 Å². The molecular weight excluding hydrogens is 232 g/mol. The average Bonchev–Trinajstić information content (AvgIpc) is 2.07. The molecule has 3 heteroatoms. The molecule has 0 unspecified atom stereocenters. The highest BCUT2D eigenvalue weighted by Crippen LogP contribution is 2.19. The van der Waals surface area contributed by atoms with Gasteiger partial charge in [-0.25, -0.2) is 0 Å². The molecule has 0 atom stereocenters. The van der Waals surface area contributed by atoms with Crippen LogP contribution in [0.15, 0.2) is 29.3 Å². The Morgan fingerprint density at radius 1 is 1.62 bits per heavy atom. The van der Waals surface area contributed by atoms with Gasteiger partial charge in [0, 0.05) is 4.47 Å².